The first-order valence-corrected chi connectivity index (χ1v) is 7.98. The summed E-state index contributed by atoms with van der Waals surface area (Å²) in [5.41, 5.74) is 5.37. The van der Waals surface area contributed by atoms with Gasteiger partial charge in [0.1, 0.15) is 20.8 Å². The van der Waals surface area contributed by atoms with Crippen LogP contribution in [0, 0.1) is 11.3 Å². The summed E-state index contributed by atoms with van der Waals surface area (Å²) in [6.07, 6.45) is -4.54. The lowest BCUT2D eigenvalue weighted by atomic mass is 10.3. The van der Waals surface area contributed by atoms with E-state index in [1.165, 1.54) is 7.05 Å². The summed E-state index contributed by atoms with van der Waals surface area (Å²) in [6, 6.07) is 1.74. The van der Waals surface area contributed by atoms with Crippen molar-refractivity contribution in [2.75, 3.05) is 30.5 Å². The number of rotatable bonds is 4. The molecule has 0 amide bonds. The van der Waals surface area contributed by atoms with E-state index in [-0.39, 0.29) is 20.5 Å². The third-order valence-corrected chi connectivity index (χ3v) is 4.94. The van der Waals surface area contributed by atoms with Crippen LogP contribution in [0.1, 0.15) is 11.3 Å². The third-order valence-electron chi connectivity index (χ3n) is 2.43. The summed E-state index contributed by atoms with van der Waals surface area (Å²) < 4.78 is 60.0. The Balaban J connectivity index is 3.22. The smallest absolute Gasteiger partial charge is 0.390 e. The number of nitrogen functional groups attached to an aromatic ring is 1. The molecule has 0 aliphatic carbocycles. The summed E-state index contributed by atoms with van der Waals surface area (Å²) in [5, 5.41) is 8.90. The van der Waals surface area contributed by atoms with Crippen molar-refractivity contribution in [1.29, 1.82) is 5.26 Å². The van der Waals surface area contributed by atoms with Crippen molar-refractivity contribution in [2.24, 2.45) is 0 Å². The molecule has 1 aromatic rings. The minimum absolute atomic E-state index is 0.0284. The average molecular weight is 327 g/mol. The number of anilines is 2. The van der Waals surface area contributed by atoms with Gasteiger partial charge in [0.2, 0.25) is 0 Å². The number of sulfone groups is 1. The van der Waals surface area contributed by atoms with E-state index < -0.39 is 29.0 Å². The van der Waals surface area contributed by atoms with E-state index in [1.54, 1.807) is 6.07 Å². The van der Waals surface area contributed by atoms with Crippen LogP contribution in [0.5, 0.6) is 0 Å². The molecule has 0 atom stereocenters. The zero-order chi connectivity index (χ0) is 15.7. The Kier molecular flexibility index (Phi) is 4.55. The Morgan fingerprint density at radius 1 is 1.45 bits per heavy atom. The van der Waals surface area contributed by atoms with Crippen LogP contribution < -0.4 is 10.6 Å². The average Bonchev–Trinajstić information content (AvgIpc) is 2.61. The number of nitrogens with two attached hydrogens (primary N) is 1. The minimum Gasteiger partial charge on any atom is -0.396 e. The van der Waals surface area contributed by atoms with Gasteiger partial charge in [-0.05, 0) is 0 Å². The van der Waals surface area contributed by atoms with Crippen molar-refractivity contribution in [3.8, 4) is 6.07 Å². The fourth-order valence-electron chi connectivity index (χ4n) is 1.50. The first kappa shape index (κ1) is 16.6. The van der Waals surface area contributed by atoms with E-state index in [9.17, 15) is 21.6 Å². The summed E-state index contributed by atoms with van der Waals surface area (Å²) in [4.78, 5) is 0.828. The van der Waals surface area contributed by atoms with Crippen LogP contribution >= 0.6 is 11.3 Å². The van der Waals surface area contributed by atoms with Gasteiger partial charge in [-0.3, -0.25) is 0 Å². The van der Waals surface area contributed by atoms with Crippen molar-refractivity contribution >= 4 is 31.9 Å². The number of alkyl halides is 3. The van der Waals surface area contributed by atoms with Gasteiger partial charge in [-0.25, -0.2) is 8.42 Å². The first-order chi connectivity index (χ1) is 8.97. The SMILES string of the molecule is CN(CCC(F)(F)F)c1sc(C#N)c(N)c1S(C)(=O)=O. The molecule has 1 heterocycles. The van der Waals surface area contributed by atoms with Gasteiger partial charge < -0.3 is 10.6 Å². The second-order valence-corrected chi connectivity index (χ2v) is 7.10. The molecule has 0 aliphatic rings. The highest BCUT2D eigenvalue weighted by molar-refractivity contribution is 7.91. The summed E-state index contributed by atoms with van der Waals surface area (Å²) in [7, 11) is -2.41. The molecule has 0 aromatic carbocycles. The lowest BCUT2D eigenvalue weighted by molar-refractivity contribution is -0.132. The number of halogens is 3. The van der Waals surface area contributed by atoms with Gasteiger partial charge in [-0.15, -0.1) is 11.3 Å². The van der Waals surface area contributed by atoms with Gasteiger partial charge in [0.15, 0.2) is 9.84 Å². The molecule has 20 heavy (non-hydrogen) atoms. The molecule has 0 bridgehead atoms. The van der Waals surface area contributed by atoms with Gasteiger partial charge in [0.05, 0.1) is 12.1 Å². The van der Waals surface area contributed by atoms with Crippen molar-refractivity contribution in [3.05, 3.63) is 4.88 Å². The third kappa shape index (κ3) is 3.77. The summed E-state index contributed by atoms with van der Waals surface area (Å²) in [6.45, 7) is -0.420. The van der Waals surface area contributed by atoms with E-state index >= 15 is 0 Å². The molecule has 0 spiro atoms. The largest absolute Gasteiger partial charge is 0.396 e. The highest BCUT2D eigenvalue weighted by atomic mass is 32.2. The van der Waals surface area contributed by atoms with Crippen molar-refractivity contribution in [2.45, 2.75) is 17.5 Å². The van der Waals surface area contributed by atoms with Gasteiger partial charge in [0.25, 0.3) is 0 Å². The van der Waals surface area contributed by atoms with Crippen LogP contribution in [0.3, 0.4) is 0 Å². The highest BCUT2D eigenvalue weighted by Gasteiger charge is 2.30. The maximum Gasteiger partial charge on any atom is 0.390 e. The standard InChI is InChI=1S/C10H12F3N3O2S2/c1-16(4-3-10(11,12)13)9-8(20(2,17)18)7(15)6(5-14)19-9/h3-4,15H2,1-2H3. The maximum absolute atomic E-state index is 12.2. The van der Waals surface area contributed by atoms with Crippen molar-refractivity contribution in [1.82, 2.24) is 0 Å². The molecular formula is C10H12F3N3O2S2. The molecule has 1 aromatic heterocycles. The monoisotopic (exact) mass is 327 g/mol. The lowest BCUT2D eigenvalue weighted by Gasteiger charge is -2.19. The maximum atomic E-state index is 12.2. The molecule has 5 nitrogen and oxygen atoms in total. The normalized spacial score (nSPS) is 12.2. The van der Waals surface area contributed by atoms with Crippen LogP contribution in [-0.4, -0.2) is 34.4 Å². The quantitative estimate of drug-likeness (QED) is 0.914. The molecule has 0 fully saturated rings. The summed E-state index contributed by atoms with van der Waals surface area (Å²) >= 11 is 0.765. The van der Waals surface area contributed by atoms with Gasteiger partial charge in [-0.1, -0.05) is 0 Å². The van der Waals surface area contributed by atoms with E-state index in [2.05, 4.69) is 0 Å². The Labute approximate surface area is 118 Å². The molecule has 0 saturated heterocycles. The molecule has 10 heteroatoms. The number of hydrogen-bond acceptors (Lipinski definition) is 6. The Bertz CT molecular complexity index is 644. The molecule has 0 aliphatic heterocycles. The Hall–Kier alpha value is -1.47. The lowest BCUT2D eigenvalue weighted by Crippen LogP contribution is -2.24. The minimum atomic E-state index is -4.35. The van der Waals surface area contributed by atoms with E-state index in [4.69, 9.17) is 11.0 Å². The molecule has 0 unspecified atom stereocenters. The fourth-order valence-corrected chi connectivity index (χ4v) is 4.02. The topological polar surface area (TPSA) is 87.2 Å². The van der Waals surface area contributed by atoms with Crippen LogP contribution in [0.4, 0.5) is 23.9 Å². The zero-order valence-corrected chi connectivity index (χ0v) is 12.3. The highest BCUT2D eigenvalue weighted by Crippen LogP contribution is 2.41. The number of hydrogen-bond donors (Lipinski definition) is 1. The molecule has 2 N–H and O–H groups in total. The van der Waals surface area contributed by atoms with Gasteiger partial charge in [0, 0.05) is 19.8 Å². The van der Waals surface area contributed by atoms with E-state index in [1.807, 2.05) is 0 Å². The zero-order valence-electron chi connectivity index (χ0n) is 10.7. The molecule has 112 valence electrons. The van der Waals surface area contributed by atoms with Crippen molar-refractivity contribution in [3.63, 3.8) is 0 Å². The second kappa shape index (κ2) is 5.49. The van der Waals surface area contributed by atoms with Crippen LogP contribution in [0.2, 0.25) is 0 Å². The molecule has 1 rings (SSSR count). The fraction of sp³-hybridized carbons (Fsp3) is 0.500. The predicted octanol–water partition coefficient (Wildman–Crippen LogP) is 1.99. The molecular weight excluding hydrogens is 315 g/mol. The number of nitriles is 1. The second-order valence-electron chi connectivity index (χ2n) is 4.15. The van der Waals surface area contributed by atoms with E-state index in [0.717, 1.165) is 22.5 Å². The van der Waals surface area contributed by atoms with Crippen LogP contribution in [0.25, 0.3) is 0 Å². The van der Waals surface area contributed by atoms with E-state index in [0.29, 0.717) is 0 Å². The Morgan fingerprint density at radius 3 is 2.40 bits per heavy atom. The van der Waals surface area contributed by atoms with Gasteiger partial charge >= 0.3 is 6.18 Å². The number of thiophene rings is 1. The predicted molar refractivity (Wildman–Crippen MR) is 70.5 cm³/mol. The first-order valence-electron chi connectivity index (χ1n) is 5.27. The molecule has 0 saturated carbocycles. The molecule has 0 radical (unpaired) electrons. The van der Waals surface area contributed by atoms with Crippen LogP contribution in [-0.2, 0) is 9.84 Å². The number of nitrogens with zero attached hydrogens (tertiary/aromatic N) is 2. The Morgan fingerprint density at radius 2 is 2.00 bits per heavy atom. The van der Waals surface area contributed by atoms with Crippen LogP contribution in [0.15, 0.2) is 4.90 Å². The summed E-state index contributed by atoms with van der Waals surface area (Å²) in [5.74, 6) is 0. The van der Waals surface area contributed by atoms with Crippen molar-refractivity contribution < 1.29 is 21.6 Å². The van der Waals surface area contributed by atoms with Gasteiger partial charge in [-0.2, -0.15) is 18.4 Å².